The molecule has 17 heavy (non-hydrogen) atoms. The van der Waals surface area contributed by atoms with Crippen molar-refractivity contribution in [1.82, 2.24) is 9.97 Å². The first-order valence-electron chi connectivity index (χ1n) is 6.47. The second-order valence-corrected chi connectivity index (χ2v) is 5.72. The minimum atomic E-state index is -0.0313. The third-order valence-electron chi connectivity index (χ3n) is 4.27. The molecule has 0 bridgehead atoms. The van der Waals surface area contributed by atoms with E-state index >= 15 is 0 Å². The highest BCUT2D eigenvalue weighted by atomic mass is 15.3. The SMILES string of the molecule is CC(C)C1(N)CN(c2ncnc3c2CCC3)C1. The molecule has 0 saturated carbocycles. The van der Waals surface area contributed by atoms with E-state index < -0.39 is 0 Å². The summed E-state index contributed by atoms with van der Waals surface area (Å²) in [5.74, 6) is 1.66. The van der Waals surface area contributed by atoms with Gasteiger partial charge in [0.1, 0.15) is 12.1 Å². The number of aryl methyl sites for hydroxylation is 1. The number of hydrogen-bond acceptors (Lipinski definition) is 4. The van der Waals surface area contributed by atoms with Crippen LogP contribution in [0.4, 0.5) is 5.82 Å². The molecule has 0 amide bonds. The number of rotatable bonds is 2. The Morgan fingerprint density at radius 3 is 2.76 bits per heavy atom. The predicted octanol–water partition coefficient (Wildman–Crippen LogP) is 1.14. The third-order valence-corrected chi connectivity index (χ3v) is 4.27. The van der Waals surface area contributed by atoms with Crippen LogP contribution in [0, 0.1) is 5.92 Å². The molecule has 0 aromatic carbocycles. The lowest BCUT2D eigenvalue weighted by atomic mass is 9.80. The Morgan fingerprint density at radius 2 is 2.06 bits per heavy atom. The van der Waals surface area contributed by atoms with Crippen LogP contribution in [0.2, 0.25) is 0 Å². The molecule has 2 N–H and O–H groups in total. The first-order valence-corrected chi connectivity index (χ1v) is 6.47. The zero-order valence-electron chi connectivity index (χ0n) is 10.6. The van der Waals surface area contributed by atoms with Crippen LogP contribution < -0.4 is 10.6 Å². The average Bonchev–Trinajstić information content (AvgIpc) is 2.72. The maximum absolute atomic E-state index is 6.33. The Labute approximate surface area is 102 Å². The topological polar surface area (TPSA) is 55.0 Å². The van der Waals surface area contributed by atoms with Crippen molar-refractivity contribution in [3.05, 3.63) is 17.6 Å². The fourth-order valence-corrected chi connectivity index (χ4v) is 2.79. The fourth-order valence-electron chi connectivity index (χ4n) is 2.79. The van der Waals surface area contributed by atoms with Gasteiger partial charge in [0.15, 0.2) is 0 Å². The summed E-state index contributed by atoms with van der Waals surface area (Å²) >= 11 is 0. The summed E-state index contributed by atoms with van der Waals surface area (Å²) in [6, 6.07) is 0. The maximum Gasteiger partial charge on any atom is 0.135 e. The molecule has 1 aliphatic carbocycles. The molecular formula is C13H20N4. The highest BCUT2D eigenvalue weighted by molar-refractivity contribution is 5.54. The summed E-state index contributed by atoms with van der Waals surface area (Å²) in [5.41, 5.74) is 8.91. The van der Waals surface area contributed by atoms with Crippen LogP contribution in [0.15, 0.2) is 6.33 Å². The van der Waals surface area contributed by atoms with Gasteiger partial charge >= 0.3 is 0 Å². The quantitative estimate of drug-likeness (QED) is 0.830. The second kappa shape index (κ2) is 3.67. The molecule has 0 atom stereocenters. The molecule has 4 heteroatoms. The van der Waals surface area contributed by atoms with Gasteiger partial charge in [-0.15, -0.1) is 0 Å². The molecule has 4 nitrogen and oxygen atoms in total. The zero-order chi connectivity index (χ0) is 12.0. The van der Waals surface area contributed by atoms with Crippen LogP contribution >= 0.6 is 0 Å². The molecule has 2 aliphatic rings. The van der Waals surface area contributed by atoms with E-state index in [1.54, 1.807) is 6.33 Å². The molecule has 92 valence electrons. The van der Waals surface area contributed by atoms with Crippen molar-refractivity contribution < 1.29 is 0 Å². The van der Waals surface area contributed by atoms with Crippen molar-refractivity contribution >= 4 is 5.82 Å². The molecule has 0 unspecified atom stereocenters. The van der Waals surface area contributed by atoms with Crippen molar-refractivity contribution in [3.63, 3.8) is 0 Å². The van der Waals surface area contributed by atoms with E-state index in [0.717, 1.165) is 31.7 Å². The lowest BCUT2D eigenvalue weighted by Gasteiger charge is -2.51. The second-order valence-electron chi connectivity index (χ2n) is 5.72. The normalized spacial score (nSPS) is 21.5. The Morgan fingerprint density at radius 1 is 1.29 bits per heavy atom. The third kappa shape index (κ3) is 1.62. The summed E-state index contributed by atoms with van der Waals surface area (Å²) in [4.78, 5) is 11.1. The van der Waals surface area contributed by atoms with Gasteiger partial charge in [0.05, 0.1) is 5.54 Å². The van der Waals surface area contributed by atoms with Gasteiger partial charge in [-0.25, -0.2) is 9.97 Å². The van der Waals surface area contributed by atoms with E-state index in [1.807, 2.05) is 0 Å². The van der Waals surface area contributed by atoms with Crippen molar-refractivity contribution in [2.45, 2.75) is 38.6 Å². The van der Waals surface area contributed by atoms with E-state index in [2.05, 4.69) is 28.7 Å². The number of hydrogen-bond donors (Lipinski definition) is 1. The van der Waals surface area contributed by atoms with Gasteiger partial charge in [0.25, 0.3) is 0 Å². The molecule has 1 aromatic rings. The van der Waals surface area contributed by atoms with Gasteiger partial charge in [0.2, 0.25) is 0 Å². The van der Waals surface area contributed by atoms with Gasteiger partial charge in [-0.3, -0.25) is 0 Å². The highest BCUT2D eigenvalue weighted by Crippen LogP contribution is 2.34. The molecule has 0 radical (unpaired) electrons. The summed E-state index contributed by atoms with van der Waals surface area (Å²) < 4.78 is 0. The molecule has 1 aliphatic heterocycles. The number of aromatic nitrogens is 2. The monoisotopic (exact) mass is 232 g/mol. The molecule has 0 spiro atoms. The van der Waals surface area contributed by atoms with E-state index in [1.165, 1.54) is 17.7 Å². The highest BCUT2D eigenvalue weighted by Gasteiger charge is 2.43. The lowest BCUT2D eigenvalue weighted by molar-refractivity contribution is 0.243. The van der Waals surface area contributed by atoms with Crippen LogP contribution in [-0.2, 0) is 12.8 Å². The van der Waals surface area contributed by atoms with Crippen LogP contribution in [0.25, 0.3) is 0 Å². The van der Waals surface area contributed by atoms with Crippen LogP contribution in [0.1, 0.15) is 31.5 Å². The molecule has 1 aromatic heterocycles. The van der Waals surface area contributed by atoms with Crippen molar-refractivity contribution in [2.24, 2.45) is 11.7 Å². The number of fused-ring (bicyclic) bond motifs is 1. The first kappa shape index (κ1) is 11.0. The first-order chi connectivity index (χ1) is 8.10. The number of anilines is 1. The molecule has 2 heterocycles. The minimum absolute atomic E-state index is 0.0313. The Balaban J connectivity index is 1.82. The molecule has 1 fully saturated rings. The van der Waals surface area contributed by atoms with Crippen LogP contribution in [-0.4, -0.2) is 28.6 Å². The largest absolute Gasteiger partial charge is 0.352 e. The van der Waals surface area contributed by atoms with Crippen molar-refractivity contribution in [1.29, 1.82) is 0 Å². The molecule has 1 saturated heterocycles. The lowest BCUT2D eigenvalue weighted by Crippen LogP contribution is -2.70. The Kier molecular flexibility index (Phi) is 2.36. The predicted molar refractivity (Wildman–Crippen MR) is 68.0 cm³/mol. The Hall–Kier alpha value is -1.16. The van der Waals surface area contributed by atoms with Gasteiger partial charge in [-0.1, -0.05) is 13.8 Å². The maximum atomic E-state index is 6.33. The van der Waals surface area contributed by atoms with Gasteiger partial charge < -0.3 is 10.6 Å². The van der Waals surface area contributed by atoms with E-state index in [4.69, 9.17) is 5.73 Å². The van der Waals surface area contributed by atoms with Crippen molar-refractivity contribution in [2.75, 3.05) is 18.0 Å². The van der Waals surface area contributed by atoms with Gasteiger partial charge in [-0.2, -0.15) is 0 Å². The fraction of sp³-hybridized carbons (Fsp3) is 0.692. The average molecular weight is 232 g/mol. The van der Waals surface area contributed by atoms with E-state index in [-0.39, 0.29) is 5.54 Å². The van der Waals surface area contributed by atoms with Crippen LogP contribution in [0.3, 0.4) is 0 Å². The summed E-state index contributed by atoms with van der Waals surface area (Å²) in [6.07, 6.45) is 5.15. The smallest absolute Gasteiger partial charge is 0.135 e. The standard InChI is InChI=1S/C13H20N4/c1-9(2)13(14)6-17(7-13)12-10-4-3-5-11(10)15-8-16-12/h8-9H,3-7,14H2,1-2H3. The molecular weight excluding hydrogens is 212 g/mol. The zero-order valence-corrected chi connectivity index (χ0v) is 10.6. The van der Waals surface area contributed by atoms with Crippen LogP contribution in [0.5, 0.6) is 0 Å². The van der Waals surface area contributed by atoms with Gasteiger partial charge in [-0.05, 0) is 25.2 Å². The summed E-state index contributed by atoms with van der Waals surface area (Å²) in [6.45, 7) is 6.24. The summed E-state index contributed by atoms with van der Waals surface area (Å²) in [7, 11) is 0. The number of nitrogens with two attached hydrogens (primary N) is 1. The van der Waals surface area contributed by atoms with Gasteiger partial charge in [0, 0.05) is 24.3 Å². The van der Waals surface area contributed by atoms with Crippen molar-refractivity contribution in [3.8, 4) is 0 Å². The number of nitrogens with zero attached hydrogens (tertiary/aromatic N) is 3. The van der Waals surface area contributed by atoms with E-state index in [0.29, 0.717) is 5.92 Å². The minimum Gasteiger partial charge on any atom is -0.352 e. The Bertz CT molecular complexity index is 435. The molecule has 3 rings (SSSR count). The van der Waals surface area contributed by atoms with E-state index in [9.17, 15) is 0 Å². The summed E-state index contributed by atoms with van der Waals surface area (Å²) in [5, 5.41) is 0.